The first-order valence-electron chi connectivity index (χ1n) is 4.48. The maximum atomic E-state index is 10.3. The predicted molar refractivity (Wildman–Crippen MR) is 51.3 cm³/mol. The lowest BCUT2D eigenvalue weighted by Gasteiger charge is -2.12. The number of nitrogens with two attached hydrogens (primary N) is 1. The van der Waals surface area contributed by atoms with Gasteiger partial charge < -0.3 is 25.2 Å². The molecule has 84 valence electrons. The summed E-state index contributed by atoms with van der Waals surface area (Å²) in [6.07, 6.45) is -0.951. The zero-order valence-electron chi connectivity index (χ0n) is 8.44. The average molecular weight is 206 g/mol. The SMILES string of the molecule is CN(CCOCCOCCN)C(=O)O. The molecule has 0 radical (unpaired) electrons. The van der Waals surface area contributed by atoms with E-state index in [1.54, 1.807) is 0 Å². The first-order chi connectivity index (χ1) is 6.68. The van der Waals surface area contributed by atoms with Gasteiger partial charge in [0.05, 0.1) is 26.4 Å². The Morgan fingerprint density at radius 2 is 1.86 bits per heavy atom. The van der Waals surface area contributed by atoms with Crippen molar-refractivity contribution in [1.29, 1.82) is 0 Å². The summed E-state index contributed by atoms with van der Waals surface area (Å²) >= 11 is 0. The molecule has 0 saturated carbocycles. The summed E-state index contributed by atoms with van der Waals surface area (Å²) in [6.45, 7) is 2.74. The number of amides is 1. The largest absolute Gasteiger partial charge is 0.465 e. The number of carboxylic acid groups (broad SMARTS) is 1. The number of nitrogens with zero attached hydrogens (tertiary/aromatic N) is 1. The third-order valence-electron chi connectivity index (χ3n) is 1.53. The van der Waals surface area contributed by atoms with Crippen LogP contribution < -0.4 is 5.73 Å². The molecule has 14 heavy (non-hydrogen) atoms. The van der Waals surface area contributed by atoms with E-state index in [0.29, 0.717) is 39.5 Å². The lowest BCUT2D eigenvalue weighted by atomic mass is 10.6. The molecule has 0 rings (SSSR count). The van der Waals surface area contributed by atoms with Crippen molar-refractivity contribution >= 4 is 6.09 Å². The number of likely N-dealkylation sites (N-methyl/N-ethyl adjacent to an activating group) is 1. The highest BCUT2D eigenvalue weighted by Gasteiger charge is 2.03. The Hall–Kier alpha value is -0.850. The van der Waals surface area contributed by atoms with Crippen molar-refractivity contribution in [3.8, 4) is 0 Å². The number of rotatable bonds is 8. The van der Waals surface area contributed by atoms with Gasteiger partial charge in [0.2, 0.25) is 0 Å². The lowest BCUT2D eigenvalue weighted by Crippen LogP contribution is -2.28. The van der Waals surface area contributed by atoms with Gasteiger partial charge in [0.25, 0.3) is 0 Å². The fourth-order valence-electron chi connectivity index (χ4n) is 0.702. The lowest BCUT2D eigenvalue weighted by molar-refractivity contribution is 0.0436. The van der Waals surface area contributed by atoms with E-state index in [-0.39, 0.29) is 0 Å². The van der Waals surface area contributed by atoms with Gasteiger partial charge in [-0.25, -0.2) is 4.79 Å². The van der Waals surface area contributed by atoms with Gasteiger partial charge in [0.1, 0.15) is 0 Å². The highest BCUT2D eigenvalue weighted by molar-refractivity contribution is 5.64. The van der Waals surface area contributed by atoms with Crippen molar-refractivity contribution in [3.63, 3.8) is 0 Å². The highest BCUT2D eigenvalue weighted by atomic mass is 16.5. The van der Waals surface area contributed by atoms with Crippen molar-refractivity contribution in [1.82, 2.24) is 4.90 Å². The van der Waals surface area contributed by atoms with Crippen LogP contribution in [0.4, 0.5) is 4.79 Å². The Kier molecular flexibility index (Phi) is 8.20. The van der Waals surface area contributed by atoms with E-state index in [4.69, 9.17) is 20.3 Å². The van der Waals surface area contributed by atoms with Crippen LogP contribution in [-0.4, -0.2) is 62.7 Å². The molecular weight excluding hydrogens is 188 g/mol. The van der Waals surface area contributed by atoms with E-state index in [2.05, 4.69) is 0 Å². The second kappa shape index (κ2) is 8.74. The predicted octanol–water partition coefficient (Wildman–Crippen LogP) is -0.412. The van der Waals surface area contributed by atoms with Gasteiger partial charge >= 0.3 is 6.09 Å². The highest BCUT2D eigenvalue weighted by Crippen LogP contribution is 1.84. The standard InChI is InChI=1S/C8H18N2O4/c1-10(8(11)12)3-5-14-7-6-13-4-2-9/h2-7,9H2,1H3,(H,11,12). The summed E-state index contributed by atoms with van der Waals surface area (Å²) in [5.41, 5.74) is 5.20. The van der Waals surface area contributed by atoms with E-state index in [1.165, 1.54) is 11.9 Å². The van der Waals surface area contributed by atoms with Gasteiger partial charge in [0.15, 0.2) is 0 Å². The number of hydrogen-bond donors (Lipinski definition) is 2. The molecule has 6 nitrogen and oxygen atoms in total. The van der Waals surface area contributed by atoms with Gasteiger partial charge in [-0.05, 0) is 0 Å². The Labute approximate surface area is 83.6 Å². The van der Waals surface area contributed by atoms with E-state index < -0.39 is 6.09 Å². The maximum absolute atomic E-state index is 10.3. The minimum absolute atomic E-state index is 0.367. The minimum atomic E-state index is -0.951. The third-order valence-corrected chi connectivity index (χ3v) is 1.53. The molecule has 0 saturated heterocycles. The fourth-order valence-corrected chi connectivity index (χ4v) is 0.702. The second-order valence-electron chi connectivity index (χ2n) is 2.72. The molecule has 0 aromatic rings. The average Bonchev–Trinajstić information content (AvgIpc) is 2.16. The summed E-state index contributed by atoms with van der Waals surface area (Å²) in [6, 6.07) is 0. The van der Waals surface area contributed by atoms with Gasteiger partial charge in [0, 0.05) is 20.1 Å². The van der Waals surface area contributed by atoms with Crippen LogP contribution in [0.2, 0.25) is 0 Å². The Balaban J connectivity index is 3.09. The molecule has 0 bridgehead atoms. The van der Waals surface area contributed by atoms with E-state index in [1.807, 2.05) is 0 Å². The molecule has 0 fully saturated rings. The van der Waals surface area contributed by atoms with Crippen LogP contribution in [0.5, 0.6) is 0 Å². The quantitative estimate of drug-likeness (QED) is 0.527. The molecule has 0 aliphatic carbocycles. The van der Waals surface area contributed by atoms with E-state index >= 15 is 0 Å². The van der Waals surface area contributed by atoms with Crippen LogP contribution >= 0.6 is 0 Å². The Morgan fingerprint density at radius 3 is 2.36 bits per heavy atom. The smallest absolute Gasteiger partial charge is 0.407 e. The molecule has 1 amide bonds. The van der Waals surface area contributed by atoms with Crippen molar-refractivity contribution in [2.24, 2.45) is 5.73 Å². The molecule has 0 aliphatic rings. The van der Waals surface area contributed by atoms with Crippen LogP contribution in [0.1, 0.15) is 0 Å². The minimum Gasteiger partial charge on any atom is -0.465 e. The zero-order chi connectivity index (χ0) is 10.8. The van der Waals surface area contributed by atoms with Gasteiger partial charge in [-0.3, -0.25) is 0 Å². The number of ether oxygens (including phenoxy) is 2. The van der Waals surface area contributed by atoms with Crippen LogP contribution in [0.25, 0.3) is 0 Å². The van der Waals surface area contributed by atoms with Gasteiger partial charge in [-0.15, -0.1) is 0 Å². The molecule has 0 atom stereocenters. The topological polar surface area (TPSA) is 85.0 Å². The molecule has 0 unspecified atom stereocenters. The fraction of sp³-hybridized carbons (Fsp3) is 0.875. The van der Waals surface area contributed by atoms with Crippen molar-refractivity contribution in [3.05, 3.63) is 0 Å². The first kappa shape index (κ1) is 13.2. The van der Waals surface area contributed by atoms with Crippen molar-refractivity contribution < 1.29 is 19.4 Å². The van der Waals surface area contributed by atoms with Gasteiger partial charge in [-0.2, -0.15) is 0 Å². The molecule has 3 N–H and O–H groups in total. The van der Waals surface area contributed by atoms with Crippen LogP contribution in [-0.2, 0) is 9.47 Å². The molecule has 0 aromatic heterocycles. The monoisotopic (exact) mass is 206 g/mol. The normalized spacial score (nSPS) is 10.1. The molecule has 0 heterocycles. The molecule has 6 heteroatoms. The summed E-state index contributed by atoms with van der Waals surface area (Å²) in [5.74, 6) is 0. The molecule has 0 aromatic carbocycles. The van der Waals surface area contributed by atoms with Crippen LogP contribution in [0.3, 0.4) is 0 Å². The van der Waals surface area contributed by atoms with Crippen molar-refractivity contribution in [2.45, 2.75) is 0 Å². The van der Waals surface area contributed by atoms with Gasteiger partial charge in [-0.1, -0.05) is 0 Å². The molecule has 0 aliphatic heterocycles. The number of hydrogen-bond acceptors (Lipinski definition) is 4. The summed E-state index contributed by atoms with van der Waals surface area (Å²) in [7, 11) is 1.50. The zero-order valence-corrected chi connectivity index (χ0v) is 8.44. The molecule has 0 spiro atoms. The van der Waals surface area contributed by atoms with Crippen molar-refractivity contribution in [2.75, 3.05) is 46.6 Å². The van der Waals surface area contributed by atoms with E-state index in [0.717, 1.165) is 0 Å². The Bertz CT molecular complexity index is 154. The summed E-state index contributed by atoms with van der Waals surface area (Å²) < 4.78 is 10.2. The van der Waals surface area contributed by atoms with Crippen LogP contribution in [0, 0.1) is 0 Å². The van der Waals surface area contributed by atoms with Crippen LogP contribution in [0.15, 0.2) is 0 Å². The summed E-state index contributed by atoms with van der Waals surface area (Å²) in [5, 5.41) is 8.49. The molecular formula is C8H18N2O4. The first-order valence-corrected chi connectivity index (χ1v) is 4.48. The maximum Gasteiger partial charge on any atom is 0.407 e. The second-order valence-corrected chi connectivity index (χ2v) is 2.72. The Morgan fingerprint density at radius 1 is 1.29 bits per heavy atom. The summed E-state index contributed by atoms with van der Waals surface area (Å²) in [4.78, 5) is 11.5. The number of carbonyl (C=O) groups is 1. The van der Waals surface area contributed by atoms with E-state index in [9.17, 15) is 4.79 Å². The third kappa shape index (κ3) is 7.78.